The monoisotopic (exact) mass is 313 g/mol. The molecule has 0 aliphatic carbocycles. The highest BCUT2D eigenvalue weighted by Gasteiger charge is 2.21. The van der Waals surface area contributed by atoms with Crippen LogP contribution >= 0.6 is 0 Å². The Morgan fingerprint density at radius 2 is 1.83 bits per heavy atom. The molecule has 0 bridgehead atoms. The van der Waals surface area contributed by atoms with Crippen molar-refractivity contribution in [3.05, 3.63) is 34.9 Å². The molecule has 0 aliphatic heterocycles. The molecule has 3 heterocycles. The van der Waals surface area contributed by atoms with Crippen molar-refractivity contribution < 1.29 is 5.11 Å². The number of aliphatic hydroxyl groups excluding tert-OH is 1. The Balaban J connectivity index is 2.30. The third-order valence-electron chi connectivity index (χ3n) is 4.17. The molecular weight excluding hydrogens is 290 g/mol. The summed E-state index contributed by atoms with van der Waals surface area (Å²) in [7, 11) is 1.86. The van der Waals surface area contributed by atoms with Crippen LogP contribution in [0, 0.1) is 13.8 Å². The quantitative estimate of drug-likeness (QED) is 0.807. The zero-order chi connectivity index (χ0) is 16.9. The highest BCUT2D eigenvalue weighted by atomic mass is 16.3. The summed E-state index contributed by atoms with van der Waals surface area (Å²) in [6, 6.07) is 2.00. The molecule has 0 amide bonds. The summed E-state index contributed by atoms with van der Waals surface area (Å²) < 4.78 is 3.63. The molecule has 6 nitrogen and oxygen atoms in total. The first kappa shape index (κ1) is 15.7. The second-order valence-corrected chi connectivity index (χ2v) is 6.44. The van der Waals surface area contributed by atoms with Crippen molar-refractivity contribution in [3.8, 4) is 5.69 Å². The summed E-state index contributed by atoms with van der Waals surface area (Å²) >= 11 is 0. The second-order valence-electron chi connectivity index (χ2n) is 6.44. The fraction of sp³-hybridized carbons (Fsp3) is 0.471. The van der Waals surface area contributed by atoms with Crippen LogP contribution in [-0.2, 0) is 7.05 Å². The van der Waals surface area contributed by atoms with E-state index in [0.29, 0.717) is 17.3 Å². The number of rotatable bonds is 3. The number of nitrogens with zero attached hydrogens (tertiary/aromatic N) is 5. The van der Waals surface area contributed by atoms with Crippen molar-refractivity contribution in [1.29, 1.82) is 0 Å². The molecular formula is C17H23N5O. The highest BCUT2D eigenvalue weighted by Crippen LogP contribution is 2.29. The predicted octanol–water partition coefficient (Wildman–Crippen LogP) is 2.95. The van der Waals surface area contributed by atoms with E-state index in [-0.39, 0.29) is 0 Å². The van der Waals surface area contributed by atoms with Crippen molar-refractivity contribution in [2.75, 3.05) is 0 Å². The van der Waals surface area contributed by atoms with Crippen LogP contribution in [0.25, 0.3) is 16.7 Å². The maximum absolute atomic E-state index is 10.2. The Kier molecular flexibility index (Phi) is 3.72. The summed E-state index contributed by atoms with van der Waals surface area (Å²) in [6.45, 7) is 10.1. The highest BCUT2D eigenvalue weighted by molar-refractivity contribution is 5.77. The minimum absolute atomic E-state index is 0.397. The van der Waals surface area contributed by atoms with Gasteiger partial charge in [-0.05, 0) is 38.3 Å². The largest absolute Gasteiger partial charge is 0.387 e. The number of pyridine rings is 1. The number of fused-ring (bicyclic) bond motifs is 1. The summed E-state index contributed by atoms with van der Waals surface area (Å²) in [4.78, 5) is 4.55. The molecule has 3 aromatic heterocycles. The minimum Gasteiger partial charge on any atom is -0.387 e. The van der Waals surface area contributed by atoms with E-state index in [2.05, 4.69) is 30.9 Å². The number of hydrogen-bond donors (Lipinski definition) is 1. The van der Waals surface area contributed by atoms with E-state index in [4.69, 9.17) is 5.10 Å². The van der Waals surface area contributed by atoms with Crippen molar-refractivity contribution >= 4 is 11.0 Å². The van der Waals surface area contributed by atoms with Gasteiger partial charge in [-0.1, -0.05) is 13.8 Å². The lowest BCUT2D eigenvalue weighted by atomic mass is 10.0. The van der Waals surface area contributed by atoms with Gasteiger partial charge in [0.15, 0.2) is 5.65 Å². The second kappa shape index (κ2) is 5.45. The van der Waals surface area contributed by atoms with Gasteiger partial charge in [-0.3, -0.25) is 4.68 Å². The Hall–Kier alpha value is -2.21. The molecule has 3 aromatic rings. The lowest BCUT2D eigenvalue weighted by Gasteiger charge is -2.13. The summed E-state index contributed by atoms with van der Waals surface area (Å²) in [6.07, 6.45) is 1.23. The van der Waals surface area contributed by atoms with Gasteiger partial charge in [0.1, 0.15) is 0 Å². The predicted molar refractivity (Wildman–Crippen MR) is 89.8 cm³/mol. The maximum atomic E-state index is 10.2. The number of aryl methyl sites for hydroxylation is 2. The molecule has 1 unspecified atom stereocenters. The summed E-state index contributed by atoms with van der Waals surface area (Å²) in [5.41, 5.74) is 5.39. The first-order valence-electron chi connectivity index (χ1n) is 7.88. The van der Waals surface area contributed by atoms with Crippen molar-refractivity contribution in [2.24, 2.45) is 7.05 Å². The van der Waals surface area contributed by atoms with Crippen LogP contribution in [0.5, 0.6) is 0 Å². The third-order valence-corrected chi connectivity index (χ3v) is 4.17. The fourth-order valence-corrected chi connectivity index (χ4v) is 3.28. The molecule has 0 saturated carbocycles. The molecule has 1 N–H and O–H groups in total. The van der Waals surface area contributed by atoms with Crippen LogP contribution in [-0.4, -0.2) is 29.7 Å². The first-order valence-corrected chi connectivity index (χ1v) is 7.88. The van der Waals surface area contributed by atoms with Gasteiger partial charge in [0, 0.05) is 24.3 Å². The van der Waals surface area contributed by atoms with Crippen LogP contribution in [0.1, 0.15) is 55.4 Å². The van der Waals surface area contributed by atoms with Gasteiger partial charge in [0.2, 0.25) is 0 Å². The molecule has 23 heavy (non-hydrogen) atoms. The third kappa shape index (κ3) is 2.53. The van der Waals surface area contributed by atoms with E-state index in [0.717, 1.165) is 22.5 Å². The molecule has 0 aliphatic rings. The van der Waals surface area contributed by atoms with E-state index in [1.165, 1.54) is 5.56 Å². The SMILES string of the molecule is Cc1nn(-c2cc3cn(C)nc3nc2C(C)O)c(C)c1C(C)C. The molecule has 122 valence electrons. The van der Waals surface area contributed by atoms with Crippen molar-refractivity contribution in [1.82, 2.24) is 24.5 Å². The summed E-state index contributed by atoms with van der Waals surface area (Å²) in [5, 5.41) is 20.1. The Bertz CT molecular complexity index is 873. The standard InChI is InChI=1S/C17H23N5O/c1-9(2)15-10(3)19-22(11(15)4)14-7-13-8-21(6)20-17(13)18-16(14)12(5)23/h7-9,12,23H,1-6H3. The van der Waals surface area contributed by atoms with Gasteiger partial charge < -0.3 is 5.11 Å². The lowest BCUT2D eigenvalue weighted by Crippen LogP contribution is -2.08. The average Bonchev–Trinajstić information content (AvgIpc) is 2.95. The van der Waals surface area contributed by atoms with E-state index in [9.17, 15) is 5.11 Å². The smallest absolute Gasteiger partial charge is 0.181 e. The molecule has 6 heteroatoms. The average molecular weight is 313 g/mol. The van der Waals surface area contributed by atoms with Crippen LogP contribution in [0.3, 0.4) is 0 Å². The lowest BCUT2D eigenvalue weighted by molar-refractivity contribution is 0.194. The number of hydrogen-bond acceptors (Lipinski definition) is 4. The van der Waals surface area contributed by atoms with Gasteiger partial charge in [-0.2, -0.15) is 10.2 Å². The van der Waals surface area contributed by atoms with E-state index in [1.807, 2.05) is 30.9 Å². The van der Waals surface area contributed by atoms with E-state index < -0.39 is 6.10 Å². The molecule has 0 radical (unpaired) electrons. The van der Waals surface area contributed by atoms with Gasteiger partial charge in [0.25, 0.3) is 0 Å². The van der Waals surface area contributed by atoms with Gasteiger partial charge in [0.05, 0.1) is 23.2 Å². The van der Waals surface area contributed by atoms with Crippen LogP contribution in [0.15, 0.2) is 12.3 Å². The molecule has 0 saturated heterocycles. The topological polar surface area (TPSA) is 68.8 Å². The summed E-state index contributed by atoms with van der Waals surface area (Å²) in [5.74, 6) is 0.397. The normalized spacial score (nSPS) is 13.2. The zero-order valence-electron chi connectivity index (χ0n) is 14.5. The van der Waals surface area contributed by atoms with E-state index in [1.54, 1.807) is 11.6 Å². The molecule has 0 aromatic carbocycles. The minimum atomic E-state index is -0.692. The van der Waals surface area contributed by atoms with Gasteiger partial charge in [-0.15, -0.1) is 0 Å². The number of aromatic nitrogens is 5. The maximum Gasteiger partial charge on any atom is 0.181 e. The van der Waals surface area contributed by atoms with Crippen molar-refractivity contribution in [3.63, 3.8) is 0 Å². The Morgan fingerprint density at radius 1 is 1.13 bits per heavy atom. The van der Waals surface area contributed by atoms with Crippen molar-refractivity contribution in [2.45, 2.75) is 46.6 Å². The molecule has 1 atom stereocenters. The molecule has 3 rings (SSSR count). The Morgan fingerprint density at radius 3 is 2.39 bits per heavy atom. The van der Waals surface area contributed by atoms with E-state index >= 15 is 0 Å². The first-order chi connectivity index (χ1) is 10.8. The molecule has 0 fully saturated rings. The fourth-order valence-electron chi connectivity index (χ4n) is 3.28. The van der Waals surface area contributed by atoms with Gasteiger partial charge in [-0.25, -0.2) is 9.67 Å². The van der Waals surface area contributed by atoms with Gasteiger partial charge >= 0.3 is 0 Å². The van der Waals surface area contributed by atoms with Crippen LogP contribution in [0.4, 0.5) is 0 Å². The number of aliphatic hydroxyl groups is 1. The Labute approximate surface area is 135 Å². The zero-order valence-corrected chi connectivity index (χ0v) is 14.5. The molecule has 0 spiro atoms. The van der Waals surface area contributed by atoms with Crippen LogP contribution < -0.4 is 0 Å². The van der Waals surface area contributed by atoms with Crippen LogP contribution in [0.2, 0.25) is 0 Å².